The van der Waals surface area contributed by atoms with Crippen molar-refractivity contribution in [1.82, 2.24) is 5.32 Å². The van der Waals surface area contributed by atoms with Crippen molar-refractivity contribution in [3.63, 3.8) is 0 Å². The van der Waals surface area contributed by atoms with Crippen LogP contribution >= 0.6 is 23.4 Å². The first-order valence-corrected chi connectivity index (χ1v) is 5.99. The summed E-state index contributed by atoms with van der Waals surface area (Å²) in [6.07, 6.45) is 3.45. The maximum Gasteiger partial charge on any atom is 0.337 e. The summed E-state index contributed by atoms with van der Waals surface area (Å²) in [4.78, 5) is 15.0. The molecule has 0 bridgehead atoms. The van der Waals surface area contributed by atoms with E-state index in [0.717, 1.165) is 0 Å². The minimum atomic E-state index is -1.12. The second kappa shape index (κ2) is 6.13. The SMILES string of the molecule is CSC(=Nc1ccc(Cl)cc1C(=O)O)NC#N. The smallest absolute Gasteiger partial charge is 0.337 e. The van der Waals surface area contributed by atoms with Gasteiger partial charge in [0.25, 0.3) is 0 Å². The number of halogens is 1. The molecule has 0 saturated carbocycles. The molecule has 0 aliphatic rings. The van der Waals surface area contributed by atoms with Crippen LogP contribution < -0.4 is 5.32 Å². The molecule has 5 nitrogen and oxygen atoms in total. The lowest BCUT2D eigenvalue weighted by molar-refractivity contribution is 0.0698. The van der Waals surface area contributed by atoms with Crippen LogP contribution in [0.15, 0.2) is 23.2 Å². The highest BCUT2D eigenvalue weighted by molar-refractivity contribution is 8.13. The second-order valence-electron chi connectivity index (χ2n) is 2.82. The van der Waals surface area contributed by atoms with Gasteiger partial charge >= 0.3 is 5.97 Å². The van der Waals surface area contributed by atoms with Crippen LogP contribution in [-0.4, -0.2) is 22.5 Å². The number of carboxylic acid groups (broad SMARTS) is 1. The van der Waals surface area contributed by atoms with Gasteiger partial charge < -0.3 is 5.11 Å². The van der Waals surface area contributed by atoms with Gasteiger partial charge in [0.15, 0.2) is 11.4 Å². The Kier molecular flexibility index (Phi) is 4.82. The molecule has 88 valence electrons. The van der Waals surface area contributed by atoms with Crippen LogP contribution in [0, 0.1) is 11.5 Å². The van der Waals surface area contributed by atoms with Crippen LogP contribution in [0.4, 0.5) is 5.69 Å². The normalized spacial score (nSPS) is 10.8. The molecule has 0 heterocycles. The minimum Gasteiger partial charge on any atom is -0.478 e. The van der Waals surface area contributed by atoms with Gasteiger partial charge in [-0.05, 0) is 24.5 Å². The maximum absolute atomic E-state index is 11.0. The molecule has 0 aromatic heterocycles. The van der Waals surface area contributed by atoms with Crippen molar-refractivity contribution in [1.29, 1.82) is 5.26 Å². The zero-order chi connectivity index (χ0) is 12.8. The van der Waals surface area contributed by atoms with Crippen molar-refractivity contribution in [2.75, 3.05) is 6.26 Å². The van der Waals surface area contributed by atoms with Crippen molar-refractivity contribution < 1.29 is 9.90 Å². The van der Waals surface area contributed by atoms with Crippen molar-refractivity contribution in [2.24, 2.45) is 4.99 Å². The zero-order valence-corrected chi connectivity index (χ0v) is 10.3. The summed E-state index contributed by atoms with van der Waals surface area (Å²) >= 11 is 6.91. The van der Waals surface area contributed by atoms with Gasteiger partial charge in [0, 0.05) is 5.02 Å². The Hall–Kier alpha value is -1.71. The Bertz CT molecular complexity index is 511. The summed E-state index contributed by atoms with van der Waals surface area (Å²) in [6, 6.07) is 4.34. The molecule has 0 radical (unpaired) electrons. The second-order valence-corrected chi connectivity index (χ2v) is 4.06. The Morgan fingerprint density at radius 1 is 1.65 bits per heavy atom. The van der Waals surface area contributed by atoms with Gasteiger partial charge in [0.2, 0.25) is 0 Å². The summed E-state index contributed by atoms with van der Waals surface area (Å²) in [7, 11) is 0. The number of hydrogen-bond donors (Lipinski definition) is 2. The molecular weight excluding hydrogens is 262 g/mol. The van der Waals surface area contributed by atoms with Crippen molar-refractivity contribution >= 4 is 40.2 Å². The highest BCUT2D eigenvalue weighted by Gasteiger charge is 2.11. The van der Waals surface area contributed by atoms with Crippen LogP contribution in [0.25, 0.3) is 0 Å². The molecule has 0 spiro atoms. The van der Waals surface area contributed by atoms with Crippen molar-refractivity contribution in [3.8, 4) is 6.19 Å². The third kappa shape index (κ3) is 3.66. The number of carboxylic acids is 1. The average molecular weight is 270 g/mol. The molecular formula is C10H8ClN3O2S. The van der Waals surface area contributed by atoms with E-state index >= 15 is 0 Å². The number of hydrogen-bond acceptors (Lipinski definition) is 4. The lowest BCUT2D eigenvalue weighted by Gasteiger charge is -2.03. The number of nitrogens with zero attached hydrogens (tertiary/aromatic N) is 2. The predicted octanol–water partition coefficient (Wildman–Crippen LogP) is 2.46. The molecule has 0 aliphatic carbocycles. The third-order valence-electron chi connectivity index (χ3n) is 1.77. The molecule has 1 aromatic carbocycles. The highest BCUT2D eigenvalue weighted by Crippen LogP contribution is 2.24. The Morgan fingerprint density at radius 3 is 2.88 bits per heavy atom. The van der Waals surface area contributed by atoms with Crippen LogP contribution in [0.2, 0.25) is 5.02 Å². The molecule has 7 heteroatoms. The number of nitriles is 1. The molecule has 0 amide bonds. The lowest BCUT2D eigenvalue weighted by Crippen LogP contribution is -2.12. The van der Waals surface area contributed by atoms with Gasteiger partial charge in [0.05, 0.1) is 11.3 Å². The fraction of sp³-hybridized carbons (Fsp3) is 0.100. The summed E-state index contributed by atoms with van der Waals surface area (Å²) in [5.74, 6) is -1.12. The topological polar surface area (TPSA) is 85.5 Å². The van der Waals surface area contributed by atoms with Gasteiger partial charge in [-0.15, -0.1) is 0 Å². The molecule has 0 fully saturated rings. The summed E-state index contributed by atoms with van der Waals surface area (Å²) in [6.45, 7) is 0. The van der Waals surface area contributed by atoms with E-state index < -0.39 is 5.97 Å². The number of carbonyl (C=O) groups is 1. The van der Waals surface area contributed by atoms with Crippen LogP contribution in [-0.2, 0) is 0 Å². The molecule has 0 saturated heterocycles. The van der Waals surface area contributed by atoms with Gasteiger partial charge in [0.1, 0.15) is 0 Å². The van der Waals surface area contributed by atoms with Crippen molar-refractivity contribution in [2.45, 2.75) is 0 Å². The third-order valence-corrected chi connectivity index (χ3v) is 2.58. The molecule has 0 unspecified atom stereocenters. The Labute approximate surface area is 107 Å². The Balaban J connectivity index is 3.22. The number of thioether (sulfide) groups is 1. The van der Waals surface area contributed by atoms with E-state index in [-0.39, 0.29) is 11.3 Å². The summed E-state index contributed by atoms with van der Waals surface area (Å²) < 4.78 is 0. The number of amidine groups is 1. The van der Waals surface area contributed by atoms with Crippen molar-refractivity contribution in [3.05, 3.63) is 28.8 Å². The first-order chi connectivity index (χ1) is 8.08. The monoisotopic (exact) mass is 269 g/mol. The maximum atomic E-state index is 11.0. The number of nitrogens with one attached hydrogen (secondary N) is 1. The number of benzene rings is 1. The zero-order valence-electron chi connectivity index (χ0n) is 8.77. The summed E-state index contributed by atoms with van der Waals surface area (Å²) in [5, 5.41) is 20.5. The largest absolute Gasteiger partial charge is 0.478 e. The molecule has 0 atom stereocenters. The number of aromatic carboxylic acids is 1. The van der Waals surface area contributed by atoms with E-state index in [0.29, 0.717) is 10.2 Å². The van der Waals surface area contributed by atoms with E-state index in [1.54, 1.807) is 12.4 Å². The van der Waals surface area contributed by atoms with E-state index in [2.05, 4.69) is 10.3 Å². The molecule has 1 rings (SSSR count). The fourth-order valence-electron chi connectivity index (χ4n) is 1.06. The van der Waals surface area contributed by atoms with Gasteiger partial charge in [-0.1, -0.05) is 23.4 Å². The Morgan fingerprint density at radius 2 is 2.35 bits per heavy atom. The molecule has 2 N–H and O–H groups in total. The fourth-order valence-corrected chi connectivity index (χ4v) is 1.57. The molecule has 0 aliphatic heterocycles. The standard InChI is InChI=1S/C10H8ClN3O2S/c1-17-10(13-5-12)14-8-3-2-6(11)4-7(8)9(15)16/h2-4H,1H3,(H,13,14)(H,15,16). The van der Waals surface area contributed by atoms with Crippen LogP contribution in [0.3, 0.4) is 0 Å². The van der Waals surface area contributed by atoms with E-state index in [1.807, 2.05) is 0 Å². The average Bonchev–Trinajstić information content (AvgIpc) is 2.30. The van der Waals surface area contributed by atoms with Crippen LogP contribution in [0.1, 0.15) is 10.4 Å². The summed E-state index contributed by atoms with van der Waals surface area (Å²) in [5.41, 5.74) is 0.234. The van der Waals surface area contributed by atoms with E-state index in [9.17, 15) is 4.79 Å². The first-order valence-electron chi connectivity index (χ1n) is 4.39. The van der Waals surface area contributed by atoms with E-state index in [4.69, 9.17) is 22.0 Å². The van der Waals surface area contributed by atoms with Gasteiger partial charge in [-0.25, -0.2) is 9.79 Å². The molecule has 1 aromatic rings. The predicted molar refractivity (Wildman–Crippen MR) is 67.8 cm³/mol. The number of rotatable bonds is 2. The molecule has 17 heavy (non-hydrogen) atoms. The van der Waals surface area contributed by atoms with E-state index in [1.165, 1.54) is 30.0 Å². The lowest BCUT2D eigenvalue weighted by atomic mass is 10.2. The number of aliphatic imine (C=N–C) groups is 1. The highest BCUT2D eigenvalue weighted by atomic mass is 35.5. The quantitative estimate of drug-likeness (QED) is 0.373. The van der Waals surface area contributed by atoms with Gasteiger partial charge in [-0.3, -0.25) is 5.32 Å². The van der Waals surface area contributed by atoms with Gasteiger partial charge in [-0.2, -0.15) is 5.26 Å². The minimum absolute atomic E-state index is 0.0104. The van der Waals surface area contributed by atoms with Crippen LogP contribution in [0.5, 0.6) is 0 Å². The first kappa shape index (κ1) is 13.4.